The van der Waals surface area contributed by atoms with Gasteiger partial charge in [0.1, 0.15) is 5.84 Å². The highest BCUT2D eigenvalue weighted by Crippen LogP contribution is 2.29. The van der Waals surface area contributed by atoms with E-state index in [4.69, 9.17) is 17.3 Å². The Morgan fingerprint density at radius 1 is 1.14 bits per heavy atom. The van der Waals surface area contributed by atoms with Gasteiger partial charge in [0.05, 0.1) is 0 Å². The molecule has 2 rings (SSSR count). The second-order valence-corrected chi connectivity index (χ2v) is 10.9. The van der Waals surface area contributed by atoms with E-state index in [1.807, 2.05) is 76.2 Å². The average molecular weight is 510 g/mol. The Labute approximate surface area is 221 Å². The van der Waals surface area contributed by atoms with Gasteiger partial charge in [-0.3, -0.25) is 4.79 Å². The summed E-state index contributed by atoms with van der Waals surface area (Å²) >= 11 is 6.49. The molecule has 0 aromatic heterocycles. The molecule has 5 nitrogen and oxygen atoms in total. The standard InChI is InChI=1S/C30H40ClN3O2/c1-7-23(25-18-22(13-16-26(25)31)19-33-29(36)30(4,5)6)9-8-10-27(35)34-28(32)24-14-11-21(12-15-24)17-20(2)3/h7,10-16,18,20,35H,8-9,17,19H2,1-6H3,(H2,32,34)(H,33,36)/b23-7-,27-10+. The van der Waals surface area contributed by atoms with Gasteiger partial charge in [-0.05, 0) is 72.6 Å². The van der Waals surface area contributed by atoms with Crippen molar-refractivity contribution < 1.29 is 9.90 Å². The molecule has 36 heavy (non-hydrogen) atoms. The molecule has 2 aromatic carbocycles. The summed E-state index contributed by atoms with van der Waals surface area (Å²) in [4.78, 5) is 16.4. The van der Waals surface area contributed by atoms with Crippen molar-refractivity contribution in [1.29, 1.82) is 0 Å². The first-order valence-electron chi connectivity index (χ1n) is 12.5. The van der Waals surface area contributed by atoms with Crippen LogP contribution in [0.4, 0.5) is 0 Å². The lowest BCUT2D eigenvalue weighted by Crippen LogP contribution is -2.34. The van der Waals surface area contributed by atoms with Crippen molar-refractivity contribution in [2.45, 2.75) is 67.3 Å². The van der Waals surface area contributed by atoms with Crippen molar-refractivity contribution in [3.63, 3.8) is 0 Å². The van der Waals surface area contributed by atoms with Crippen LogP contribution in [0.15, 0.2) is 65.5 Å². The molecule has 0 saturated heterocycles. The Morgan fingerprint density at radius 2 is 1.78 bits per heavy atom. The van der Waals surface area contributed by atoms with Gasteiger partial charge in [-0.2, -0.15) is 4.99 Å². The molecule has 0 spiro atoms. The van der Waals surface area contributed by atoms with E-state index in [0.717, 1.165) is 28.7 Å². The number of rotatable bonds is 10. The quantitative estimate of drug-likeness (QED) is 0.180. The van der Waals surface area contributed by atoms with Crippen LogP contribution in [-0.2, 0) is 17.8 Å². The van der Waals surface area contributed by atoms with Crippen LogP contribution < -0.4 is 11.1 Å². The molecule has 0 radical (unpaired) electrons. The lowest BCUT2D eigenvalue weighted by Gasteiger charge is -2.18. The number of amides is 1. The van der Waals surface area contributed by atoms with Crippen molar-refractivity contribution in [2.24, 2.45) is 22.1 Å². The van der Waals surface area contributed by atoms with E-state index in [0.29, 0.717) is 30.3 Å². The maximum absolute atomic E-state index is 12.2. The molecular weight excluding hydrogens is 470 g/mol. The van der Waals surface area contributed by atoms with Gasteiger partial charge in [0.25, 0.3) is 0 Å². The van der Waals surface area contributed by atoms with Gasteiger partial charge in [-0.25, -0.2) is 0 Å². The zero-order chi connectivity index (χ0) is 26.9. The first kappa shape index (κ1) is 29.2. The highest BCUT2D eigenvalue weighted by Gasteiger charge is 2.20. The molecule has 4 N–H and O–H groups in total. The van der Waals surface area contributed by atoms with Gasteiger partial charge in [0.15, 0.2) is 0 Å². The number of benzene rings is 2. The van der Waals surface area contributed by atoms with E-state index in [9.17, 15) is 9.90 Å². The number of nitrogens with zero attached hydrogens (tertiary/aromatic N) is 1. The number of hydrogen-bond acceptors (Lipinski definition) is 3. The van der Waals surface area contributed by atoms with Gasteiger partial charge in [-0.15, -0.1) is 0 Å². The van der Waals surface area contributed by atoms with Gasteiger partial charge >= 0.3 is 0 Å². The zero-order valence-electron chi connectivity index (χ0n) is 22.4. The summed E-state index contributed by atoms with van der Waals surface area (Å²) in [6.45, 7) is 12.4. The Balaban J connectivity index is 2.04. The highest BCUT2D eigenvalue weighted by molar-refractivity contribution is 6.32. The van der Waals surface area contributed by atoms with Crippen LogP contribution in [0.25, 0.3) is 5.57 Å². The summed E-state index contributed by atoms with van der Waals surface area (Å²) < 4.78 is 0. The van der Waals surface area contributed by atoms with Crippen molar-refractivity contribution in [3.8, 4) is 0 Å². The molecule has 0 heterocycles. The minimum atomic E-state index is -0.443. The summed E-state index contributed by atoms with van der Waals surface area (Å²) in [5.41, 5.74) is 10.6. The fourth-order valence-electron chi connectivity index (χ4n) is 3.68. The molecule has 194 valence electrons. The van der Waals surface area contributed by atoms with Crippen molar-refractivity contribution in [1.82, 2.24) is 5.32 Å². The summed E-state index contributed by atoms with van der Waals surface area (Å²) in [6, 6.07) is 13.7. The summed E-state index contributed by atoms with van der Waals surface area (Å²) in [5, 5.41) is 13.9. The topological polar surface area (TPSA) is 87.7 Å². The maximum Gasteiger partial charge on any atom is 0.225 e. The molecule has 1 amide bonds. The second-order valence-electron chi connectivity index (χ2n) is 10.5. The third-order valence-corrected chi connectivity index (χ3v) is 6.06. The van der Waals surface area contributed by atoms with Crippen LogP contribution >= 0.6 is 11.6 Å². The third-order valence-electron chi connectivity index (χ3n) is 5.73. The molecule has 0 saturated carbocycles. The first-order valence-corrected chi connectivity index (χ1v) is 12.8. The van der Waals surface area contributed by atoms with Gasteiger partial charge in [0.2, 0.25) is 11.8 Å². The van der Waals surface area contributed by atoms with Crippen LogP contribution in [0.5, 0.6) is 0 Å². The molecule has 0 aliphatic carbocycles. The van der Waals surface area contributed by atoms with E-state index >= 15 is 0 Å². The Hall–Kier alpha value is -3.05. The van der Waals surface area contributed by atoms with E-state index < -0.39 is 5.41 Å². The summed E-state index contributed by atoms with van der Waals surface area (Å²) in [5.74, 6) is 0.748. The van der Waals surface area contributed by atoms with Crippen LogP contribution in [0, 0.1) is 11.3 Å². The molecule has 0 atom stereocenters. The number of carbonyl (C=O) groups is 1. The first-order chi connectivity index (χ1) is 16.9. The Kier molecular flexibility index (Phi) is 10.8. The molecule has 0 unspecified atom stereocenters. The normalized spacial score (nSPS) is 13.3. The van der Waals surface area contributed by atoms with Crippen LogP contribution in [0.3, 0.4) is 0 Å². The maximum atomic E-state index is 12.2. The minimum Gasteiger partial charge on any atom is -0.493 e. The molecular formula is C30H40ClN3O2. The number of allylic oxidation sites excluding steroid dienone is 3. The largest absolute Gasteiger partial charge is 0.493 e. The predicted octanol–water partition coefficient (Wildman–Crippen LogP) is 7.19. The van der Waals surface area contributed by atoms with Crippen LogP contribution in [0.1, 0.15) is 76.6 Å². The number of nitrogens with two attached hydrogens (primary N) is 1. The monoisotopic (exact) mass is 509 g/mol. The lowest BCUT2D eigenvalue weighted by molar-refractivity contribution is -0.128. The van der Waals surface area contributed by atoms with Crippen molar-refractivity contribution >= 4 is 28.9 Å². The van der Waals surface area contributed by atoms with Gasteiger partial charge in [0, 0.05) is 22.5 Å². The average Bonchev–Trinajstić information content (AvgIpc) is 2.80. The van der Waals surface area contributed by atoms with E-state index in [1.54, 1.807) is 6.08 Å². The van der Waals surface area contributed by atoms with E-state index in [-0.39, 0.29) is 17.6 Å². The lowest BCUT2D eigenvalue weighted by atomic mass is 9.95. The third kappa shape index (κ3) is 9.19. The van der Waals surface area contributed by atoms with Crippen molar-refractivity contribution in [2.75, 3.05) is 0 Å². The molecule has 0 fully saturated rings. The number of aliphatic hydroxyl groups excluding tert-OH is 1. The summed E-state index contributed by atoms with van der Waals surface area (Å²) in [7, 11) is 0. The number of amidine groups is 1. The minimum absolute atomic E-state index is 0.00259. The smallest absolute Gasteiger partial charge is 0.225 e. The fourth-order valence-corrected chi connectivity index (χ4v) is 3.92. The predicted molar refractivity (Wildman–Crippen MR) is 152 cm³/mol. The highest BCUT2D eigenvalue weighted by atomic mass is 35.5. The number of halogens is 1. The van der Waals surface area contributed by atoms with Crippen LogP contribution in [-0.4, -0.2) is 16.8 Å². The Morgan fingerprint density at radius 3 is 2.36 bits per heavy atom. The molecule has 6 heteroatoms. The summed E-state index contributed by atoms with van der Waals surface area (Å²) in [6.07, 6.45) is 5.91. The Bertz CT molecular complexity index is 1120. The molecule has 0 bridgehead atoms. The zero-order valence-corrected chi connectivity index (χ0v) is 23.1. The van der Waals surface area contributed by atoms with Gasteiger partial charge in [-0.1, -0.05) is 82.6 Å². The number of nitrogens with one attached hydrogen (secondary N) is 1. The van der Waals surface area contributed by atoms with E-state index in [1.165, 1.54) is 5.56 Å². The van der Waals surface area contributed by atoms with Gasteiger partial charge < -0.3 is 16.2 Å². The number of carbonyl (C=O) groups excluding carboxylic acids is 1. The fraction of sp³-hybridized carbons (Fsp3) is 0.400. The number of aliphatic imine (C=N–C) groups is 1. The molecule has 0 aliphatic rings. The van der Waals surface area contributed by atoms with E-state index in [2.05, 4.69) is 24.2 Å². The molecule has 2 aromatic rings. The number of aliphatic hydroxyl groups is 1. The molecule has 0 aliphatic heterocycles. The van der Waals surface area contributed by atoms with Crippen molar-refractivity contribution in [3.05, 3.63) is 87.8 Å². The second kappa shape index (κ2) is 13.3. The van der Waals surface area contributed by atoms with Crippen LogP contribution in [0.2, 0.25) is 5.02 Å². The SMILES string of the molecule is C/C=C(/CC/C=C(/O)N=C(N)c1ccc(CC(C)C)cc1)c1cc(CNC(=O)C(C)(C)C)ccc1Cl. The number of hydrogen-bond donors (Lipinski definition) is 3.